The molecular formula is C22H20BrNO2S. The van der Waals surface area contributed by atoms with Crippen LogP contribution in [0.2, 0.25) is 0 Å². The first-order chi connectivity index (χ1) is 13.2. The van der Waals surface area contributed by atoms with Gasteiger partial charge in [0.2, 0.25) is 5.91 Å². The van der Waals surface area contributed by atoms with E-state index >= 15 is 0 Å². The second-order valence-electron chi connectivity index (χ2n) is 6.52. The lowest BCUT2D eigenvalue weighted by atomic mass is 10.0. The predicted molar refractivity (Wildman–Crippen MR) is 115 cm³/mol. The van der Waals surface area contributed by atoms with Gasteiger partial charge in [-0.15, -0.1) is 11.8 Å². The summed E-state index contributed by atoms with van der Waals surface area (Å²) in [6.07, 6.45) is 0.426. The zero-order valence-electron chi connectivity index (χ0n) is 15.0. The average Bonchev–Trinajstić information content (AvgIpc) is 3.18. The Morgan fingerprint density at radius 2 is 2.00 bits per heavy atom. The van der Waals surface area contributed by atoms with Crippen LogP contribution in [-0.2, 0) is 11.2 Å². The molecule has 0 spiro atoms. The summed E-state index contributed by atoms with van der Waals surface area (Å²) in [6.45, 7) is 0.780. The third-order valence-electron chi connectivity index (χ3n) is 4.89. The molecule has 0 radical (unpaired) electrons. The van der Waals surface area contributed by atoms with Crippen molar-refractivity contribution in [3.8, 4) is 5.75 Å². The van der Waals surface area contributed by atoms with Gasteiger partial charge in [0.05, 0.1) is 18.0 Å². The number of thioether (sulfide) groups is 1. The molecule has 1 aliphatic rings. The Balaban J connectivity index is 1.58. The molecule has 0 aromatic heterocycles. The van der Waals surface area contributed by atoms with Crippen molar-refractivity contribution in [2.24, 2.45) is 0 Å². The number of hydrogen-bond acceptors (Lipinski definition) is 3. The highest BCUT2D eigenvalue weighted by molar-refractivity contribution is 9.10. The van der Waals surface area contributed by atoms with Gasteiger partial charge in [0.25, 0.3) is 0 Å². The second kappa shape index (κ2) is 7.95. The number of ether oxygens (including phenoxy) is 1. The fraction of sp³-hybridized carbons (Fsp3) is 0.227. The van der Waals surface area contributed by atoms with Crippen LogP contribution in [0.3, 0.4) is 0 Å². The van der Waals surface area contributed by atoms with Gasteiger partial charge in [-0.3, -0.25) is 4.79 Å². The highest BCUT2D eigenvalue weighted by Gasteiger charge is 2.31. The van der Waals surface area contributed by atoms with Crippen LogP contribution in [0.4, 0.5) is 0 Å². The van der Waals surface area contributed by atoms with Gasteiger partial charge in [0.1, 0.15) is 11.1 Å². The molecule has 1 fully saturated rings. The van der Waals surface area contributed by atoms with Crippen LogP contribution in [0.1, 0.15) is 16.5 Å². The van der Waals surface area contributed by atoms with Crippen LogP contribution in [0, 0.1) is 0 Å². The summed E-state index contributed by atoms with van der Waals surface area (Å²) in [4.78, 5) is 15.1. The van der Waals surface area contributed by atoms with Gasteiger partial charge in [0.15, 0.2) is 0 Å². The monoisotopic (exact) mass is 441 g/mol. The minimum atomic E-state index is 0.0506. The van der Waals surface area contributed by atoms with Crippen molar-refractivity contribution in [3.05, 3.63) is 76.3 Å². The quantitative estimate of drug-likeness (QED) is 0.540. The fourth-order valence-corrected chi connectivity index (χ4v) is 5.37. The second-order valence-corrected chi connectivity index (χ2v) is 8.56. The molecule has 1 aliphatic heterocycles. The van der Waals surface area contributed by atoms with Crippen molar-refractivity contribution in [2.45, 2.75) is 11.8 Å². The molecule has 27 heavy (non-hydrogen) atoms. The van der Waals surface area contributed by atoms with Crippen molar-refractivity contribution in [1.29, 1.82) is 0 Å². The molecule has 1 unspecified atom stereocenters. The molecular weight excluding hydrogens is 422 g/mol. The molecule has 1 atom stereocenters. The Bertz CT molecular complexity index is 986. The molecule has 3 aromatic rings. The first-order valence-electron chi connectivity index (χ1n) is 8.88. The zero-order chi connectivity index (χ0) is 18.8. The molecule has 0 aliphatic carbocycles. The summed E-state index contributed by atoms with van der Waals surface area (Å²) in [5.74, 6) is 1.93. The molecule has 3 aromatic carbocycles. The molecule has 5 heteroatoms. The van der Waals surface area contributed by atoms with Crippen LogP contribution in [0.15, 0.2) is 65.1 Å². The molecule has 4 rings (SSSR count). The van der Waals surface area contributed by atoms with Crippen molar-refractivity contribution >= 4 is 44.4 Å². The van der Waals surface area contributed by atoms with E-state index in [0.717, 1.165) is 39.0 Å². The van der Waals surface area contributed by atoms with E-state index in [4.69, 9.17) is 4.74 Å². The normalized spacial score (nSPS) is 16.7. The first-order valence-corrected chi connectivity index (χ1v) is 10.7. The first kappa shape index (κ1) is 18.4. The number of methoxy groups -OCH3 is 1. The number of fused-ring (bicyclic) bond motifs is 1. The molecule has 1 saturated heterocycles. The molecule has 1 heterocycles. The topological polar surface area (TPSA) is 29.5 Å². The summed E-state index contributed by atoms with van der Waals surface area (Å²) in [7, 11) is 1.66. The Hall–Kier alpha value is -1.98. The average molecular weight is 442 g/mol. The minimum Gasteiger partial charge on any atom is -0.496 e. The van der Waals surface area contributed by atoms with Crippen molar-refractivity contribution in [1.82, 2.24) is 4.90 Å². The number of halogens is 1. The maximum atomic E-state index is 13.1. The van der Waals surface area contributed by atoms with Gasteiger partial charge in [-0.1, -0.05) is 48.5 Å². The predicted octanol–water partition coefficient (Wildman–Crippen LogP) is 5.43. The number of benzene rings is 3. The Kier molecular flexibility index (Phi) is 5.41. The SMILES string of the molecule is COc1ccc(C2SCCN2C(=O)Cc2cccc3ccccc23)cc1Br. The summed E-state index contributed by atoms with van der Waals surface area (Å²) >= 11 is 5.37. The van der Waals surface area contributed by atoms with Crippen LogP contribution in [0.25, 0.3) is 10.8 Å². The number of hydrogen-bond donors (Lipinski definition) is 0. The Morgan fingerprint density at radius 1 is 1.19 bits per heavy atom. The van der Waals surface area contributed by atoms with E-state index in [9.17, 15) is 4.79 Å². The van der Waals surface area contributed by atoms with Gasteiger partial charge < -0.3 is 9.64 Å². The van der Waals surface area contributed by atoms with Gasteiger partial charge in [-0.25, -0.2) is 0 Å². The van der Waals surface area contributed by atoms with Crippen LogP contribution in [0.5, 0.6) is 5.75 Å². The number of nitrogens with zero attached hydrogens (tertiary/aromatic N) is 1. The van der Waals surface area contributed by atoms with E-state index in [1.807, 2.05) is 47.0 Å². The van der Waals surface area contributed by atoms with Gasteiger partial charge in [0, 0.05) is 12.3 Å². The zero-order valence-corrected chi connectivity index (χ0v) is 17.4. The molecule has 0 saturated carbocycles. The maximum Gasteiger partial charge on any atom is 0.228 e. The number of carbonyl (C=O) groups is 1. The third-order valence-corrected chi connectivity index (χ3v) is 6.77. The van der Waals surface area contributed by atoms with E-state index in [0.29, 0.717) is 6.42 Å². The summed E-state index contributed by atoms with van der Waals surface area (Å²) < 4.78 is 6.24. The lowest BCUT2D eigenvalue weighted by Gasteiger charge is -2.25. The molecule has 1 amide bonds. The summed E-state index contributed by atoms with van der Waals surface area (Å²) in [5, 5.41) is 2.38. The molecule has 3 nitrogen and oxygen atoms in total. The maximum absolute atomic E-state index is 13.1. The van der Waals surface area contributed by atoms with Crippen LogP contribution < -0.4 is 4.74 Å². The molecule has 0 bridgehead atoms. The van der Waals surface area contributed by atoms with Crippen molar-refractivity contribution in [2.75, 3.05) is 19.4 Å². The highest BCUT2D eigenvalue weighted by atomic mass is 79.9. The lowest BCUT2D eigenvalue weighted by Crippen LogP contribution is -2.31. The third kappa shape index (κ3) is 3.71. The van der Waals surface area contributed by atoms with E-state index in [1.54, 1.807) is 7.11 Å². The van der Waals surface area contributed by atoms with Gasteiger partial charge >= 0.3 is 0 Å². The largest absolute Gasteiger partial charge is 0.496 e. The number of amides is 1. The van der Waals surface area contributed by atoms with Crippen LogP contribution >= 0.6 is 27.7 Å². The Labute approximate surface area is 171 Å². The van der Waals surface area contributed by atoms with Crippen molar-refractivity contribution < 1.29 is 9.53 Å². The number of carbonyl (C=O) groups excluding carboxylic acids is 1. The fourth-order valence-electron chi connectivity index (χ4n) is 3.55. The van der Waals surface area contributed by atoms with Gasteiger partial charge in [-0.2, -0.15) is 0 Å². The van der Waals surface area contributed by atoms with E-state index < -0.39 is 0 Å². The smallest absolute Gasteiger partial charge is 0.228 e. The Morgan fingerprint density at radius 3 is 2.81 bits per heavy atom. The lowest BCUT2D eigenvalue weighted by molar-refractivity contribution is -0.130. The van der Waals surface area contributed by atoms with Gasteiger partial charge in [-0.05, 0) is 50.0 Å². The summed E-state index contributed by atoms with van der Waals surface area (Å²) in [5.41, 5.74) is 2.21. The van der Waals surface area contributed by atoms with E-state index in [-0.39, 0.29) is 11.3 Å². The molecule has 138 valence electrons. The molecule has 0 N–H and O–H groups in total. The van der Waals surface area contributed by atoms with E-state index in [2.05, 4.69) is 46.3 Å². The number of rotatable bonds is 4. The highest BCUT2D eigenvalue weighted by Crippen LogP contribution is 2.40. The van der Waals surface area contributed by atoms with Crippen LogP contribution in [-0.4, -0.2) is 30.2 Å². The van der Waals surface area contributed by atoms with E-state index in [1.165, 1.54) is 5.39 Å². The van der Waals surface area contributed by atoms with Crippen molar-refractivity contribution in [3.63, 3.8) is 0 Å². The minimum absolute atomic E-state index is 0.0506. The standard InChI is InChI=1S/C22H20BrNO2S/c1-26-20-10-9-17(13-19(20)23)22-24(11-12-27-22)21(25)14-16-7-4-6-15-5-2-3-8-18(15)16/h2-10,13,22H,11-12,14H2,1H3. The summed E-state index contributed by atoms with van der Waals surface area (Å²) in [6, 6.07) is 20.5.